The van der Waals surface area contributed by atoms with Crippen LogP contribution in [0.2, 0.25) is 0 Å². The lowest BCUT2D eigenvalue weighted by atomic mass is 10.2. The van der Waals surface area contributed by atoms with Gasteiger partial charge in [-0.05, 0) is 26.0 Å². The summed E-state index contributed by atoms with van der Waals surface area (Å²) < 4.78 is 7.49. The number of urea groups is 1. The molecule has 1 aliphatic rings. The van der Waals surface area contributed by atoms with Crippen LogP contribution >= 0.6 is 0 Å². The molecule has 1 N–H and O–H groups in total. The highest BCUT2D eigenvalue weighted by Crippen LogP contribution is 2.34. The molecule has 2 heterocycles. The normalized spacial score (nSPS) is 13.2. The Morgan fingerprint density at radius 3 is 2.92 bits per heavy atom. The molecule has 0 aliphatic carbocycles. The second-order valence-electron chi connectivity index (χ2n) is 6.13. The molecule has 138 valence electrons. The number of likely N-dealkylation sites (N-methyl/N-ethyl adjacent to an activating group) is 2. The largest absolute Gasteiger partial charge is 0.481 e. The van der Waals surface area contributed by atoms with Crippen molar-refractivity contribution in [3.8, 4) is 5.75 Å². The molecule has 0 bridgehead atoms. The molecule has 0 saturated heterocycles. The van der Waals surface area contributed by atoms with Crippen LogP contribution in [0.5, 0.6) is 5.75 Å². The first kappa shape index (κ1) is 17.8. The first-order valence-corrected chi connectivity index (χ1v) is 8.56. The van der Waals surface area contributed by atoms with Crippen molar-refractivity contribution < 1.29 is 14.3 Å². The van der Waals surface area contributed by atoms with E-state index in [9.17, 15) is 9.59 Å². The number of fused-ring (bicyclic) bond motifs is 1. The quantitative estimate of drug-likeness (QED) is 0.889. The molecule has 0 fully saturated rings. The van der Waals surface area contributed by atoms with Crippen LogP contribution in [0.4, 0.5) is 16.2 Å². The van der Waals surface area contributed by atoms with Crippen molar-refractivity contribution in [1.82, 2.24) is 14.5 Å². The first-order chi connectivity index (χ1) is 12.5. The summed E-state index contributed by atoms with van der Waals surface area (Å²) in [6.07, 6.45) is 3.63. The van der Waals surface area contributed by atoms with Crippen molar-refractivity contribution in [2.45, 2.75) is 20.4 Å². The summed E-state index contributed by atoms with van der Waals surface area (Å²) in [5.74, 6) is 1.45. The number of anilines is 2. The lowest BCUT2D eigenvalue weighted by Crippen LogP contribution is -2.38. The maximum Gasteiger partial charge on any atom is 0.321 e. The summed E-state index contributed by atoms with van der Waals surface area (Å²) in [5, 5.41) is 2.86. The van der Waals surface area contributed by atoms with Gasteiger partial charge in [0.1, 0.15) is 11.6 Å². The lowest BCUT2D eigenvalue weighted by molar-refractivity contribution is -0.121. The number of aromatic nitrogens is 2. The van der Waals surface area contributed by atoms with Gasteiger partial charge in [-0.3, -0.25) is 4.79 Å². The van der Waals surface area contributed by atoms with Gasteiger partial charge in [-0.15, -0.1) is 0 Å². The molecule has 0 radical (unpaired) electrons. The predicted molar refractivity (Wildman–Crippen MR) is 98.6 cm³/mol. The van der Waals surface area contributed by atoms with Gasteiger partial charge in [-0.1, -0.05) is 0 Å². The number of hydrogen-bond donors (Lipinski definition) is 1. The number of nitrogens with zero attached hydrogens (tertiary/aromatic N) is 4. The molecule has 2 aromatic rings. The SMILES string of the molecule is CCN1C(=O)COc2cc(NC(=O)N(C)CCn3ccnc3C)ccc21. The zero-order valence-electron chi connectivity index (χ0n) is 15.2. The van der Waals surface area contributed by atoms with Crippen LogP contribution in [0, 0.1) is 6.92 Å². The summed E-state index contributed by atoms with van der Waals surface area (Å²) in [6.45, 7) is 5.68. The van der Waals surface area contributed by atoms with E-state index >= 15 is 0 Å². The minimum Gasteiger partial charge on any atom is -0.481 e. The van der Waals surface area contributed by atoms with Crippen molar-refractivity contribution in [2.75, 3.05) is 37.0 Å². The van der Waals surface area contributed by atoms with Gasteiger partial charge in [0.05, 0.1) is 5.69 Å². The summed E-state index contributed by atoms with van der Waals surface area (Å²) in [6, 6.07) is 5.10. The number of ether oxygens (including phenoxy) is 1. The van der Waals surface area contributed by atoms with Gasteiger partial charge in [0.25, 0.3) is 5.91 Å². The average Bonchev–Trinajstić information content (AvgIpc) is 3.04. The van der Waals surface area contributed by atoms with Gasteiger partial charge in [0.15, 0.2) is 6.61 Å². The molecule has 8 heteroatoms. The maximum absolute atomic E-state index is 12.4. The zero-order valence-corrected chi connectivity index (χ0v) is 15.2. The van der Waals surface area contributed by atoms with Crippen LogP contribution in [-0.4, -0.2) is 53.1 Å². The van der Waals surface area contributed by atoms with E-state index in [1.165, 1.54) is 0 Å². The molecule has 1 aliphatic heterocycles. The highest BCUT2D eigenvalue weighted by atomic mass is 16.5. The zero-order chi connectivity index (χ0) is 18.7. The van der Waals surface area contributed by atoms with Crippen LogP contribution in [-0.2, 0) is 11.3 Å². The molecule has 0 saturated carbocycles. The Morgan fingerprint density at radius 2 is 2.23 bits per heavy atom. The van der Waals surface area contributed by atoms with Crippen LogP contribution in [0.1, 0.15) is 12.7 Å². The van der Waals surface area contributed by atoms with Crippen LogP contribution in [0.3, 0.4) is 0 Å². The van der Waals surface area contributed by atoms with E-state index in [2.05, 4.69) is 10.3 Å². The third kappa shape index (κ3) is 3.63. The monoisotopic (exact) mass is 357 g/mol. The molecule has 0 atom stereocenters. The van der Waals surface area contributed by atoms with E-state index in [4.69, 9.17) is 4.74 Å². The summed E-state index contributed by atoms with van der Waals surface area (Å²) >= 11 is 0. The predicted octanol–water partition coefficient (Wildman–Crippen LogP) is 2.10. The fourth-order valence-corrected chi connectivity index (χ4v) is 2.85. The van der Waals surface area contributed by atoms with Crippen LogP contribution < -0.4 is 15.0 Å². The van der Waals surface area contributed by atoms with Crippen molar-refractivity contribution in [1.29, 1.82) is 0 Å². The molecule has 0 spiro atoms. The number of carbonyl (C=O) groups is 2. The summed E-state index contributed by atoms with van der Waals surface area (Å²) in [7, 11) is 1.74. The molecule has 1 aromatic heterocycles. The molecule has 3 rings (SSSR count). The van der Waals surface area contributed by atoms with E-state index in [1.54, 1.807) is 41.2 Å². The van der Waals surface area contributed by atoms with E-state index < -0.39 is 0 Å². The number of hydrogen-bond acceptors (Lipinski definition) is 4. The topological polar surface area (TPSA) is 79.7 Å². The van der Waals surface area contributed by atoms with Crippen molar-refractivity contribution in [2.24, 2.45) is 0 Å². The second-order valence-corrected chi connectivity index (χ2v) is 6.13. The van der Waals surface area contributed by atoms with E-state index in [0.717, 1.165) is 11.5 Å². The fourth-order valence-electron chi connectivity index (χ4n) is 2.85. The third-order valence-electron chi connectivity index (χ3n) is 4.42. The first-order valence-electron chi connectivity index (χ1n) is 8.56. The van der Waals surface area contributed by atoms with Gasteiger partial charge >= 0.3 is 6.03 Å². The number of imidazole rings is 1. The number of carbonyl (C=O) groups excluding carboxylic acids is 2. The van der Waals surface area contributed by atoms with Crippen molar-refractivity contribution in [3.05, 3.63) is 36.4 Å². The van der Waals surface area contributed by atoms with Gasteiger partial charge in [-0.2, -0.15) is 0 Å². The Kier molecular flexibility index (Phi) is 5.11. The van der Waals surface area contributed by atoms with Gasteiger partial charge in [0, 0.05) is 50.8 Å². The molecule has 3 amide bonds. The molecular formula is C18H23N5O3. The molecule has 1 aromatic carbocycles. The summed E-state index contributed by atoms with van der Waals surface area (Å²) in [4.78, 5) is 31.7. The molecule has 0 unspecified atom stereocenters. The van der Waals surface area contributed by atoms with Gasteiger partial charge < -0.3 is 24.4 Å². The summed E-state index contributed by atoms with van der Waals surface area (Å²) in [5.41, 5.74) is 1.36. The minimum atomic E-state index is -0.207. The molecule has 26 heavy (non-hydrogen) atoms. The average molecular weight is 357 g/mol. The van der Waals surface area contributed by atoms with Crippen molar-refractivity contribution >= 4 is 23.3 Å². The standard InChI is InChI=1S/C18H23N5O3/c1-4-23-15-6-5-14(11-16(15)26-12-17(23)24)20-18(25)21(3)9-10-22-8-7-19-13(22)2/h5-8,11H,4,9-10,12H2,1-3H3,(H,20,25). The van der Waals surface area contributed by atoms with E-state index in [0.29, 0.717) is 31.1 Å². The number of amides is 3. The Bertz CT molecular complexity index is 817. The number of nitrogens with one attached hydrogen (secondary N) is 1. The van der Waals surface area contributed by atoms with Crippen molar-refractivity contribution in [3.63, 3.8) is 0 Å². The highest BCUT2D eigenvalue weighted by molar-refractivity contribution is 5.98. The Morgan fingerprint density at radius 1 is 1.42 bits per heavy atom. The minimum absolute atomic E-state index is 0.0163. The molecular weight excluding hydrogens is 334 g/mol. The Hall–Kier alpha value is -3.03. The smallest absolute Gasteiger partial charge is 0.321 e. The second kappa shape index (κ2) is 7.47. The number of rotatable bonds is 5. The van der Waals surface area contributed by atoms with Crippen LogP contribution in [0.15, 0.2) is 30.6 Å². The highest BCUT2D eigenvalue weighted by Gasteiger charge is 2.24. The lowest BCUT2D eigenvalue weighted by Gasteiger charge is -2.28. The van der Waals surface area contributed by atoms with E-state index in [-0.39, 0.29) is 18.5 Å². The Balaban J connectivity index is 1.62. The Labute approximate surface area is 152 Å². The molecule has 8 nitrogen and oxygen atoms in total. The van der Waals surface area contributed by atoms with Crippen LogP contribution in [0.25, 0.3) is 0 Å². The number of benzene rings is 1. The maximum atomic E-state index is 12.4. The van der Waals surface area contributed by atoms with E-state index in [1.807, 2.05) is 24.6 Å². The number of aryl methyl sites for hydroxylation is 1. The van der Waals surface area contributed by atoms with Gasteiger partial charge in [0.2, 0.25) is 0 Å². The van der Waals surface area contributed by atoms with Gasteiger partial charge in [-0.25, -0.2) is 9.78 Å². The third-order valence-corrected chi connectivity index (χ3v) is 4.42. The fraction of sp³-hybridized carbons (Fsp3) is 0.389.